The summed E-state index contributed by atoms with van der Waals surface area (Å²) in [7, 11) is 0. The lowest BCUT2D eigenvalue weighted by atomic mass is 9.68. The van der Waals surface area contributed by atoms with Gasteiger partial charge in [0.1, 0.15) is 23.5 Å². The number of aryl methyl sites for hydroxylation is 2. The second-order valence-electron chi connectivity index (χ2n) is 10.6. The third kappa shape index (κ3) is 5.96. The normalized spacial score (nSPS) is 14.6. The lowest BCUT2D eigenvalue weighted by Crippen LogP contribution is -2.44. The Kier molecular flexibility index (Phi) is 8.63. The van der Waals surface area contributed by atoms with E-state index < -0.39 is 17.7 Å². The van der Waals surface area contributed by atoms with Gasteiger partial charge >= 0.3 is 6.18 Å². The van der Waals surface area contributed by atoms with Gasteiger partial charge in [0.2, 0.25) is 0 Å². The fraction of sp³-hybridized carbons (Fsp3) is 0.419. The molecule has 0 spiro atoms. The van der Waals surface area contributed by atoms with Crippen LogP contribution in [0.4, 0.5) is 13.2 Å². The molecule has 0 saturated heterocycles. The highest BCUT2D eigenvalue weighted by Crippen LogP contribution is 2.52. The first-order valence-electron chi connectivity index (χ1n) is 12.6. The molecule has 0 fully saturated rings. The number of aliphatic hydroxyl groups excluding tert-OH is 1. The van der Waals surface area contributed by atoms with Crippen molar-refractivity contribution in [1.82, 2.24) is 0 Å². The van der Waals surface area contributed by atoms with E-state index in [1.54, 1.807) is 50.2 Å². The molecule has 0 saturated carbocycles. The first kappa shape index (κ1) is 28.6. The smallest absolute Gasteiger partial charge is 0.406 e. The van der Waals surface area contributed by atoms with E-state index in [2.05, 4.69) is 0 Å². The Bertz CT molecular complexity index is 1180. The molecule has 3 aromatic carbocycles. The van der Waals surface area contributed by atoms with Gasteiger partial charge < -0.3 is 14.6 Å². The van der Waals surface area contributed by atoms with Gasteiger partial charge in [-0.3, -0.25) is 0 Å². The molecule has 3 nitrogen and oxygen atoms in total. The number of aliphatic hydroxyl groups is 1. The summed E-state index contributed by atoms with van der Waals surface area (Å²) < 4.78 is 57.7. The van der Waals surface area contributed by atoms with Crippen LogP contribution in [0.25, 0.3) is 0 Å². The monoisotopic (exact) mass is 514 g/mol. The van der Waals surface area contributed by atoms with Gasteiger partial charge in [0.25, 0.3) is 0 Å². The Morgan fingerprint density at radius 3 is 1.70 bits per heavy atom. The third-order valence-electron chi connectivity index (χ3n) is 6.71. The molecule has 0 radical (unpaired) electrons. The maximum atomic E-state index is 15.4. The molecule has 37 heavy (non-hydrogen) atoms. The van der Waals surface area contributed by atoms with Crippen LogP contribution in [0.5, 0.6) is 11.5 Å². The summed E-state index contributed by atoms with van der Waals surface area (Å²) in [5.41, 5.74) is -1.25. The summed E-state index contributed by atoms with van der Waals surface area (Å²) in [6, 6.07) is 17.3. The van der Waals surface area contributed by atoms with Gasteiger partial charge in [-0.25, -0.2) is 0 Å². The molecule has 6 heteroatoms. The van der Waals surface area contributed by atoms with Crippen molar-refractivity contribution in [2.75, 3.05) is 13.2 Å². The van der Waals surface area contributed by atoms with Crippen molar-refractivity contribution in [3.8, 4) is 11.5 Å². The van der Waals surface area contributed by atoms with Crippen molar-refractivity contribution in [3.63, 3.8) is 0 Å². The first-order chi connectivity index (χ1) is 17.3. The highest BCUT2D eigenvalue weighted by atomic mass is 19.4. The fourth-order valence-electron chi connectivity index (χ4n) is 4.40. The number of hydrogen-bond acceptors (Lipinski definition) is 3. The molecule has 0 amide bonds. The Balaban J connectivity index is 2.18. The minimum atomic E-state index is -4.65. The van der Waals surface area contributed by atoms with Crippen LogP contribution in [0, 0.1) is 19.3 Å². The Labute approximate surface area is 218 Å². The van der Waals surface area contributed by atoms with Crippen LogP contribution in [-0.2, 0) is 5.41 Å². The fourth-order valence-corrected chi connectivity index (χ4v) is 4.40. The molecule has 2 unspecified atom stereocenters. The molecular weight excluding hydrogens is 477 g/mol. The zero-order valence-corrected chi connectivity index (χ0v) is 22.4. The van der Waals surface area contributed by atoms with Gasteiger partial charge in [-0.2, -0.15) is 13.2 Å². The molecule has 1 N–H and O–H groups in total. The summed E-state index contributed by atoms with van der Waals surface area (Å²) in [6.45, 7) is 11.7. The van der Waals surface area contributed by atoms with Gasteiger partial charge in [0, 0.05) is 0 Å². The number of ether oxygens (including phenoxy) is 2. The first-order valence-corrected chi connectivity index (χ1v) is 12.6. The number of halogens is 3. The highest BCUT2D eigenvalue weighted by Gasteiger charge is 2.58. The van der Waals surface area contributed by atoms with Crippen LogP contribution < -0.4 is 9.47 Å². The van der Waals surface area contributed by atoms with E-state index in [4.69, 9.17) is 9.47 Å². The molecule has 0 heterocycles. The highest BCUT2D eigenvalue weighted by molar-refractivity contribution is 5.56. The molecule has 3 aromatic rings. The maximum Gasteiger partial charge on any atom is 0.406 e. The summed E-state index contributed by atoms with van der Waals surface area (Å²) in [4.78, 5) is 0. The largest absolute Gasteiger partial charge is 0.493 e. The van der Waals surface area contributed by atoms with Crippen molar-refractivity contribution in [3.05, 3.63) is 94.5 Å². The average molecular weight is 515 g/mol. The molecule has 0 aromatic heterocycles. The number of rotatable bonds is 9. The molecule has 0 aliphatic carbocycles. The second kappa shape index (κ2) is 11.2. The number of benzene rings is 3. The molecule has 3 rings (SSSR count). The number of alkyl halides is 3. The van der Waals surface area contributed by atoms with Gasteiger partial charge in [-0.05, 0) is 65.6 Å². The van der Waals surface area contributed by atoms with Crippen molar-refractivity contribution >= 4 is 0 Å². The minimum Gasteiger partial charge on any atom is -0.493 e. The second-order valence-corrected chi connectivity index (χ2v) is 10.6. The molecule has 200 valence electrons. The van der Waals surface area contributed by atoms with Crippen molar-refractivity contribution in [2.45, 2.75) is 65.7 Å². The van der Waals surface area contributed by atoms with E-state index in [1.807, 2.05) is 27.7 Å². The van der Waals surface area contributed by atoms with E-state index in [9.17, 15) is 5.11 Å². The third-order valence-corrected chi connectivity index (χ3v) is 6.71. The average Bonchev–Trinajstić information content (AvgIpc) is 2.82. The van der Waals surface area contributed by atoms with Crippen molar-refractivity contribution in [1.29, 1.82) is 0 Å². The van der Waals surface area contributed by atoms with Crippen molar-refractivity contribution in [2.24, 2.45) is 5.41 Å². The lowest BCUT2D eigenvalue weighted by Gasteiger charge is -2.38. The summed E-state index contributed by atoms with van der Waals surface area (Å²) >= 11 is 0. The standard InChI is InChI=1S/C31H37F3O3/c1-7-17-36-26-15-13-24(18-21(26)2)30(31(32,33)34,23-11-9-8-10-12-23)25-14-16-27(22(3)19-25)37-20-28(35)29(4,5)6/h8-16,18-19,28,35H,7,17,20H2,1-6H3. The summed E-state index contributed by atoms with van der Waals surface area (Å²) in [6.07, 6.45) is -4.57. The van der Waals surface area contributed by atoms with E-state index in [0.29, 0.717) is 29.2 Å². The topological polar surface area (TPSA) is 38.7 Å². The molecular formula is C31H37F3O3. The predicted octanol–water partition coefficient (Wildman–Crippen LogP) is 7.77. The predicted molar refractivity (Wildman–Crippen MR) is 141 cm³/mol. The van der Waals surface area contributed by atoms with Crippen LogP contribution in [0.1, 0.15) is 61.9 Å². The Morgan fingerprint density at radius 1 is 0.757 bits per heavy atom. The van der Waals surface area contributed by atoms with Crippen molar-refractivity contribution < 1.29 is 27.8 Å². The number of hydrogen-bond donors (Lipinski definition) is 1. The van der Waals surface area contributed by atoms with Gasteiger partial charge in [0.15, 0.2) is 0 Å². The minimum absolute atomic E-state index is 0.0468. The van der Waals surface area contributed by atoms with E-state index in [0.717, 1.165) is 6.42 Å². The molecule has 2 atom stereocenters. The van der Waals surface area contributed by atoms with Crippen LogP contribution in [0.3, 0.4) is 0 Å². The molecule has 0 aliphatic rings. The zero-order valence-electron chi connectivity index (χ0n) is 22.4. The van der Waals surface area contributed by atoms with Gasteiger partial charge in [0.05, 0.1) is 12.7 Å². The van der Waals surface area contributed by atoms with Crippen LogP contribution in [0.2, 0.25) is 0 Å². The summed E-state index contributed by atoms with van der Waals surface area (Å²) in [5, 5.41) is 10.3. The van der Waals surface area contributed by atoms with Gasteiger partial charge in [-0.15, -0.1) is 0 Å². The maximum absolute atomic E-state index is 15.4. The molecule has 0 aliphatic heterocycles. The van der Waals surface area contributed by atoms with Crippen LogP contribution in [0.15, 0.2) is 66.7 Å². The summed E-state index contributed by atoms with van der Waals surface area (Å²) in [5.74, 6) is 1.02. The molecule has 0 bridgehead atoms. The lowest BCUT2D eigenvalue weighted by molar-refractivity contribution is -0.166. The van der Waals surface area contributed by atoms with E-state index >= 15 is 13.2 Å². The SMILES string of the molecule is CCCOc1ccc(C(c2ccccc2)(c2ccc(OCC(O)C(C)(C)C)c(C)c2)C(F)(F)F)cc1C. The Morgan fingerprint density at radius 2 is 1.27 bits per heavy atom. The van der Waals surface area contributed by atoms with E-state index in [-0.39, 0.29) is 28.7 Å². The Hall–Kier alpha value is -2.99. The van der Waals surface area contributed by atoms with Gasteiger partial charge in [-0.1, -0.05) is 82.3 Å². The van der Waals surface area contributed by atoms with Crippen LogP contribution >= 0.6 is 0 Å². The van der Waals surface area contributed by atoms with E-state index in [1.165, 1.54) is 30.3 Å². The zero-order chi connectivity index (χ0) is 27.4. The quantitative estimate of drug-likeness (QED) is 0.297. The van der Waals surface area contributed by atoms with Crippen LogP contribution in [-0.4, -0.2) is 30.6 Å².